The van der Waals surface area contributed by atoms with Crippen LogP contribution in [0, 0.1) is 35.5 Å². The van der Waals surface area contributed by atoms with Gasteiger partial charge in [-0.25, -0.2) is 4.79 Å². The zero-order valence-corrected chi connectivity index (χ0v) is 17.7. The van der Waals surface area contributed by atoms with Gasteiger partial charge in [0, 0.05) is 5.02 Å². The Balaban J connectivity index is 1.23. The highest BCUT2D eigenvalue weighted by atomic mass is 35.5. The minimum atomic E-state index is -0.592. The third kappa shape index (κ3) is 2.80. The van der Waals surface area contributed by atoms with Gasteiger partial charge in [-0.15, -0.1) is 0 Å². The van der Waals surface area contributed by atoms with Gasteiger partial charge in [-0.05, 0) is 72.6 Å². The first kappa shape index (κ1) is 19.1. The number of hydrogen-bond donors (Lipinski definition) is 0. The number of amides is 2. The molecule has 0 unspecified atom stereocenters. The number of anilines is 1. The number of nitrogens with zero attached hydrogens (tertiary/aromatic N) is 1. The summed E-state index contributed by atoms with van der Waals surface area (Å²) < 4.78 is 5.34. The average Bonchev–Trinajstić information content (AvgIpc) is 3.54. The molecular formula is C24H17Cl2NO4. The van der Waals surface area contributed by atoms with Crippen LogP contribution in [0.25, 0.3) is 0 Å². The van der Waals surface area contributed by atoms with Gasteiger partial charge in [0.1, 0.15) is 5.75 Å². The van der Waals surface area contributed by atoms with Gasteiger partial charge in [-0.3, -0.25) is 14.5 Å². The van der Waals surface area contributed by atoms with E-state index in [0.717, 1.165) is 6.42 Å². The topological polar surface area (TPSA) is 63.7 Å². The smallest absolute Gasteiger partial charge is 0.343 e. The highest BCUT2D eigenvalue weighted by Crippen LogP contribution is 2.65. The molecule has 0 N–H and O–H groups in total. The number of ether oxygens (including phenoxy) is 1. The highest BCUT2D eigenvalue weighted by Gasteiger charge is 2.67. The summed E-state index contributed by atoms with van der Waals surface area (Å²) in [6.45, 7) is 0. The van der Waals surface area contributed by atoms with Crippen molar-refractivity contribution >= 4 is 46.7 Å². The number of carbonyl (C=O) groups excluding carboxylic acids is 3. The van der Waals surface area contributed by atoms with Gasteiger partial charge in [-0.2, -0.15) is 0 Å². The van der Waals surface area contributed by atoms with Gasteiger partial charge in [0.25, 0.3) is 0 Å². The molecule has 0 spiro atoms. The van der Waals surface area contributed by atoms with Crippen molar-refractivity contribution in [3.63, 3.8) is 0 Å². The van der Waals surface area contributed by atoms with Crippen LogP contribution in [0.15, 0.2) is 54.6 Å². The van der Waals surface area contributed by atoms with Gasteiger partial charge >= 0.3 is 5.97 Å². The lowest BCUT2D eigenvalue weighted by molar-refractivity contribution is -0.124. The molecule has 5 aliphatic rings. The predicted molar refractivity (Wildman–Crippen MR) is 115 cm³/mol. The van der Waals surface area contributed by atoms with E-state index in [-0.39, 0.29) is 51.8 Å². The molecule has 3 fully saturated rings. The fourth-order valence-corrected chi connectivity index (χ4v) is 6.12. The predicted octanol–water partition coefficient (Wildman–Crippen LogP) is 4.77. The number of carbonyl (C=O) groups is 3. The fourth-order valence-electron chi connectivity index (χ4n) is 5.67. The molecule has 2 aromatic rings. The summed E-state index contributed by atoms with van der Waals surface area (Å²) in [5, 5.41) is 0.672. The van der Waals surface area contributed by atoms with Crippen molar-refractivity contribution < 1.29 is 19.1 Å². The van der Waals surface area contributed by atoms with Gasteiger partial charge in [0.2, 0.25) is 11.8 Å². The van der Waals surface area contributed by atoms with Crippen LogP contribution in [0.2, 0.25) is 10.0 Å². The monoisotopic (exact) mass is 453 g/mol. The van der Waals surface area contributed by atoms with Crippen molar-refractivity contribution in [1.29, 1.82) is 0 Å². The van der Waals surface area contributed by atoms with Crippen molar-refractivity contribution in [2.24, 2.45) is 35.5 Å². The standard InChI is InChI=1S/C24H17Cl2NO4/c25-12-3-8-19(18(26)9-12)31-24(30)11-1-4-13(5-2-11)27-22(28)20-14-6-7-15(17-10-16(14)17)21(20)23(27)29/h1-9,14-17,20-21H,10H2/t14-,15-,16-,17-,20-,21+/m1/s1. The molecule has 31 heavy (non-hydrogen) atoms. The van der Waals surface area contributed by atoms with E-state index in [9.17, 15) is 14.4 Å². The first-order chi connectivity index (χ1) is 14.9. The molecule has 2 aromatic carbocycles. The Hall–Kier alpha value is -2.63. The molecule has 2 bridgehead atoms. The van der Waals surface area contributed by atoms with Gasteiger partial charge in [0.05, 0.1) is 28.1 Å². The minimum Gasteiger partial charge on any atom is -0.421 e. The van der Waals surface area contributed by atoms with E-state index in [2.05, 4.69) is 12.2 Å². The maximum absolute atomic E-state index is 13.2. The zero-order chi connectivity index (χ0) is 21.4. The second-order valence-electron chi connectivity index (χ2n) is 8.68. The number of benzene rings is 2. The molecule has 7 heteroatoms. The lowest BCUT2D eigenvalue weighted by Crippen LogP contribution is -2.40. The minimum absolute atomic E-state index is 0.122. The van der Waals surface area contributed by atoms with Crippen LogP contribution in [0.1, 0.15) is 16.8 Å². The average molecular weight is 454 g/mol. The normalized spacial score (nSPS) is 32.1. The SMILES string of the molecule is O=C(Oc1ccc(Cl)cc1Cl)c1ccc(N2C(=O)[C@@H]3[C@@H]4C=C[C@H]([C@H]5C[C@H]45)[C@@H]3C2=O)cc1. The lowest BCUT2D eigenvalue weighted by Gasteiger charge is -2.37. The van der Waals surface area contributed by atoms with Gasteiger partial charge in [-0.1, -0.05) is 35.4 Å². The van der Waals surface area contributed by atoms with Crippen LogP contribution in [-0.4, -0.2) is 17.8 Å². The van der Waals surface area contributed by atoms with Crippen molar-refractivity contribution in [2.45, 2.75) is 6.42 Å². The summed E-state index contributed by atoms with van der Waals surface area (Å²) in [6, 6.07) is 10.9. The van der Waals surface area contributed by atoms with E-state index in [1.807, 2.05) is 0 Å². The van der Waals surface area contributed by atoms with Crippen LogP contribution in [0.3, 0.4) is 0 Å². The molecule has 6 atom stereocenters. The largest absolute Gasteiger partial charge is 0.421 e. The van der Waals surface area contributed by atoms with E-state index in [4.69, 9.17) is 27.9 Å². The lowest BCUT2D eigenvalue weighted by atomic mass is 9.63. The Bertz CT molecular complexity index is 1140. The first-order valence-electron chi connectivity index (χ1n) is 10.3. The molecule has 1 aliphatic heterocycles. The number of allylic oxidation sites excluding steroid dienone is 2. The maximum Gasteiger partial charge on any atom is 0.343 e. The second-order valence-corrected chi connectivity index (χ2v) is 9.52. The van der Waals surface area contributed by atoms with Crippen LogP contribution in [0.5, 0.6) is 5.75 Å². The van der Waals surface area contributed by atoms with Crippen molar-refractivity contribution in [3.05, 3.63) is 70.2 Å². The summed E-state index contributed by atoms with van der Waals surface area (Å²) in [7, 11) is 0. The number of rotatable bonds is 3. The Morgan fingerprint density at radius 3 is 2.10 bits per heavy atom. The summed E-state index contributed by atoms with van der Waals surface area (Å²) in [5.74, 6) is 0.354. The maximum atomic E-state index is 13.2. The molecule has 1 heterocycles. The molecule has 4 aliphatic carbocycles. The summed E-state index contributed by atoms with van der Waals surface area (Å²) in [5.41, 5.74) is 0.771. The fraction of sp³-hybridized carbons (Fsp3) is 0.292. The van der Waals surface area contributed by atoms with Crippen LogP contribution in [0.4, 0.5) is 5.69 Å². The van der Waals surface area contributed by atoms with Crippen LogP contribution in [-0.2, 0) is 9.59 Å². The molecule has 7 rings (SSSR count). The van der Waals surface area contributed by atoms with E-state index >= 15 is 0 Å². The van der Waals surface area contributed by atoms with E-state index in [0.29, 0.717) is 22.5 Å². The van der Waals surface area contributed by atoms with Crippen molar-refractivity contribution in [1.82, 2.24) is 0 Å². The third-order valence-electron chi connectivity index (χ3n) is 7.12. The molecule has 1 saturated heterocycles. The van der Waals surface area contributed by atoms with E-state index in [1.54, 1.807) is 30.3 Å². The van der Waals surface area contributed by atoms with E-state index < -0.39 is 5.97 Å². The first-order valence-corrected chi connectivity index (χ1v) is 11.0. The highest BCUT2D eigenvalue weighted by molar-refractivity contribution is 6.35. The third-order valence-corrected chi connectivity index (χ3v) is 7.65. The Kier molecular flexibility index (Phi) is 4.11. The molecule has 0 aromatic heterocycles. The van der Waals surface area contributed by atoms with Crippen LogP contribution >= 0.6 is 23.2 Å². The number of esters is 1. The Labute approximate surface area is 188 Å². The zero-order valence-electron chi connectivity index (χ0n) is 16.2. The molecular weight excluding hydrogens is 437 g/mol. The Morgan fingerprint density at radius 1 is 0.903 bits per heavy atom. The quantitative estimate of drug-likeness (QED) is 0.290. The van der Waals surface area contributed by atoms with Crippen LogP contribution < -0.4 is 9.64 Å². The molecule has 0 radical (unpaired) electrons. The second kappa shape index (κ2) is 6.68. The number of halogens is 2. The van der Waals surface area contributed by atoms with Crippen molar-refractivity contribution in [2.75, 3.05) is 4.90 Å². The Morgan fingerprint density at radius 2 is 1.52 bits per heavy atom. The van der Waals surface area contributed by atoms with Gasteiger partial charge < -0.3 is 4.74 Å². The number of hydrogen-bond acceptors (Lipinski definition) is 4. The van der Waals surface area contributed by atoms with Crippen molar-refractivity contribution in [3.8, 4) is 5.75 Å². The molecule has 2 saturated carbocycles. The van der Waals surface area contributed by atoms with E-state index in [1.165, 1.54) is 17.0 Å². The molecule has 5 nitrogen and oxygen atoms in total. The summed E-state index contributed by atoms with van der Waals surface area (Å²) in [4.78, 5) is 40.2. The van der Waals surface area contributed by atoms with Gasteiger partial charge in [0.15, 0.2) is 0 Å². The summed E-state index contributed by atoms with van der Waals surface area (Å²) in [6.07, 6.45) is 5.43. The number of imide groups is 1. The molecule has 2 amide bonds. The summed E-state index contributed by atoms with van der Waals surface area (Å²) >= 11 is 11.9. The molecule has 156 valence electrons.